The number of amides is 2. The normalized spacial score (nSPS) is 38.5. The topological polar surface area (TPSA) is 68.2 Å². The summed E-state index contributed by atoms with van der Waals surface area (Å²) < 4.78 is 7.97. The fraction of sp³-hybridized carbons (Fsp3) is 0.789. The monoisotopic (exact) mass is 344 g/mol. The molecule has 25 heavy (non-hydrogen) atoms. The predicted molar refractivity (Wildman–Crippen MR) is 93.1 cm³/mol. The molecule has 0 radical (unpaired) electrons. The van der Waals surface area contributed by atoms with Gasteiger partial charge in [-0.1, -0.05) is 19.3 Å². The van der Waals surface area contributed by atoms with Gasteiger partial charge < -0.3 is 15.4 Å². The smallest absolute Gasteiger partial charge is 0.315 e. The molecule has 136 valence electrons. The van der Waals surface area contributed by atoms with Crippen molar-refractivity contribution in [1.82, 2.24) is 20.4 Å². The number of ether oxygens (including phenoxy) is 1. The lowest BCUT2D eigenvalue weighted by atomic mass is 9.46. The second-order valence-corrected chi connectivity index (χ2v) is 8.37. The highest BCUT2D eigenvalue weighted by Gasteiger charge is 2.67. The molecule has 0 bridgehead atoms. The van der Waals surface area contributed by atoms with Crippen molar-refractivity contribution in [3.05, 3.63) is 18.5 Å². The second-order valence-electron chi connectivity index (χ2n) is 8.37. The van der Waals surface area contributed by atoms with Crippen molar-refractivity contribution in [2.75, 3.05) is 6.61 Å². The summed E-state index contributed by atoms with van der Waals surface area (Å²) in [4.78, 5) is 12.8. The van der Waals surface area contributed by atoms with Gasteiger partial charge in [-0.2, -0.15) is 5.10 Å². The Balaban J connectivity index is 1.24. The van der Waals surface area contributed by atoms with Gasteiger partial charge in [0, 0.05) is 36.4 Å². The summed E-state index contributed by atoms with van der Waals surface area (Å²) in [5.41, 5.74) is 0.243. The van der Waals surface area contributed by atoms with Crippen molar-refractivity contribution in [2.24, 2.45) is 11.3 Å². The molecule has 5 atom stereocenters. The zero-order chi connectivity index (χ0) is 16.9. The van der Waals surface area contributed by atoms with Gasteiger partial charge in [-0.25, -0.2) is 4.79 Å². The van der Waals surface area contributed by atoms with Crippen LogP contribution in [0.3, 0.4) is 0 Å². The molecule has 1 saturated heterocycles. The molecule has 2 N–H and O–H groups in total. The van der Waals surface area contributed by atoms with Gasteiger partial charge in [-0.05, 0) is 38.2 Å². The van der Waals surface area contributed by atoms with E-state index in [0.717, 1.165) is 25.9 Å². The lowest BCUT2D eigenvalue weighted by Gasteiger charge is -2.63. The lowest BCUT2D eigenvalue weighted by Crippen LogP contribution is -2.72. The van der Waals surface area contributed by atoms with Gasteiger partial charge >= 0.3 is 6.03 Å². The largest absolute Gasteiger partial charge is 0.377 e. The zero-order valence-electron chi connectivity index (χ0n) is 14.7. The van der Waals surface area contributed by atoms with Gasteiger partial charge in [-0.3, -0.25) is 4.68 Å². The molecule has 3 aliphatic carbocycles. The molecule has 1 aromatic rings. The van der Waals surface area contributed by atoms with Gasteiger partial charge in [0.25, 0.3) is 0 Å². The van der Waals surface area contributed by atoms with Crippen LogP contribution < -0.4 is 10.6 Å². The van der Waals surface area contributed by atoms with E-state index in [4.69, 9.17) is 4.74 Å². The van der Waals surface area contributed by atoms with Crippen LogP contribution in [0.5, 0.6) is 0 Å². The number of hydrogen-bond acceptors (Lipinski definition) is 3. The summed E-state index contributed by atoms with van der Waals surface area (Å²) in [5, 5.41) is 11.0. The summed E-state index contributed by atoms with van der Waals surface area (Å²) in [7, 11) is 0. The van der Waals surface area contributed by atoms with E-state index in [1.807, 2.05) is 23.1 Å². The van der Waals surface area contributed by atoms with Gasteiger partial charge in [0.15, 0.2) is 0 Å². The summed E-state index contributed by atoms with van der Waals surface area (Å²) in [6.07, 6.45) is 13.5. The highest BCUT2D eigenvalue weighted by atomic mass is 16.5. The third-order valence-electron chi connectivity index (χ3n) is 7.23. The van der Waals surface area contributed by atoms with Gasteiger partial charge in [0.2, 0.25) is 0 Å². The Morgan fingerprint density at radius 1 is 1.16 bits per heavy atom. The number of rotatable bonds is 3. The molecular weight excluding hydrogens is 316 g/mol. The van der Waals surface area contributed by atoms with E-state index in [2.05, 4.69) is 15.7 Å². The molecule has 6 nitrogen and oxygen atoms in total. The standard InChI is InChI=1S/C19H28N4O2/c24-18(21-14-5-1-2-6-15(14)23-11-4-10-20-23)22-16-13-7-12-25-17(13)19(16)8-3-9-19/h4,10-11,13-17H,1-3,5-9,12H2,(H2,21,22,24). The first-order valence-corrected chi connectivity index (χ1v) is 9.96. The van der Waals surface area contributed by atoms with Gasteiger partial charge in [0.1, 0.15) is 0 Å². The highest BCUT2D eigenvalue weighted by Crippen LogP contribution is 2.62. The molecule has 2 heterocycles. The first-order chi connectivity index (χ1) is 12.3. The van der Waals surface area contributed by atoms with Crippen LogP contribution in [0.25, 0.3) is 0 Å². The zero-order valence-corrected chi connectivity index (χ0v) is 14.7. The number of hydrogen-bond donors (Lipinski definition) is 2. The summed E-state index contributed by atoms with van der Waals surface area (Å²) in [6, 6.07) is 2.71. The predicted octanol–water partition coefficient (Wildman–Crippen LogP) is 2.62. The maximum absolute atomic E-state index is 12.8. The van der Waals surface area contributed by atoms with E-state index >= 15 is 0 Å². The van der Waals surface area contributed by atoms with E-state index in [-0.39, 0.29) is 23.5 Å². The van der Waals surface area contributed by atoms with E-state index < -0.39 is 0 Å². The van der Waals surface area contributed by atoms with Crippen LogP contribution in [0.4, 0.5) is 4.79 Å². The van der Waals surface area contributed by atoms with Crippen LogP contribution in [0.2, 0.25) is 0 Å². The quantitative estimate of drug-likeness (QED) is 0.886. The maximum atomic E-state index is 12.8. The molecule has 1 spiro atoms. The summed E-state index contributed by atoms with van der Waals surface area (Å²) in [6.45, 7) is 0.862. The van der Waals surface area contributed by atoms with Gasteiger partial charge in [-0.15, -0.1) is 0 Å². The Morgan fingerprint density at radius 2 is 2.04 bits per heavy atom. The molecule has 6 heteroatoms. The van der Waals surface area contributed by atoms with Crippen LogP contribution >= 0.6 is 0 Å². The maximum Gasteiger partial charge on any atom is 0.315 e. The number of carbonyl (C=O) groups excluding carboxylic acids is 1. The van der Waals surface area contributed by atoms with Gasteiger partial charge in [0.05, 0.1) is 18.2 Å². The molecule has 1 aliphatic heterocycles. The molecule has 5 rings (SSSR count). The number of nitrogens with one attached hydrogen (secondary N) is 2. The number of urea groups is 1. The fourth-order valence-electron chi connectivity index (χ4n) is 5.88. The average molecular weight is 344 g/mol. The van der Waals surface area contributed by atoms with Crippen molar-refractivity contribution < 1.29 is 9.53 Å². The first-order valence-electron chi connectivity index (χ1n) is 9.96. The van der Waals surface area contributed by atoms with Crippen LogP contribution in [-0.2, 0) is 4.74 Å². The lowest BCUT2D eigenvalue weighted by molar-refractivity contribution is -0.172. The number of fused-ring (bicyclic) bond motifs is 2. The molecule has 1 aromatic heterocycles. The van der Waals surface area contributed by atoms with E-state index in [0.29, 0.717) is 18.1 Å². The Hall–Kier alpha value is -1.56. The number of nitrogens with zero attached hydrogens (tertiary/aromatic N) is 2. The minimum atomic E-state index is 0.00526. The molecule has 4 fully saturated rings. The number of aromatic nitrogens is 2. The molecule has 3 saturated carbocycles. The van der Waals surface area contributed by atoms with Crippen molar-refractivity contribution >= 4 is 6.03 Å². The van der Waals surface area contributed by atoms with Crippen LogP contribution in [-0.4, -0.2) is 40.6 Å². The highest BCUT2D eigenvalue weighted by molar-refractivity contribution is 5.75. The third-order valence-corrected chi connectivity index (χ3v) is 7.23. The van der Waals surface area contributed by atoms with Crippen LogP contribution in [0, 0.1) is 11.3 Å². The SMILES string of the molecule is O=C(NC1CCCCC1n1cccn1)NC1C2CCOC2C12CCC2. The molecular formula is C19H28N4O2. The first kappa shape index (κ1) is 15.7. The third kappa shape index (κ3) is 2.40. The summed E-state index contributed by atoms with van der Waals surface area (Å²) in [5.74, 6) is 0.527. The van der Waals surface area contributed by atoms with E-state index in [1.165, 1.54) is 32.1 Å². The second kappa shape index (κ2) is 6.01. The average Bonchev–Trinajstić information content (AvgIpc) is 3.22. The molecule has 4 aliphatic rings. The van der Waals surface area contributed by atoms with Crippen LogP contribution in [0.15, 0.2) is 18.5 Å². The van der Waals surface area contributed by atoms with Crippen LogP contribution in [0.1, 0.15) is 57.4 Å². The Bertz CT molecular complexity index is 627. The molecule has 5 unspecified atom stereocenters. The Morgan fingerprint density at radius 3 is 2.80 bits per heavy atom. The molecule has 0 aromatic carbocycles. The summed E-state index contributed by atoms with van der Waals surface area (Å²) >= 11 is 0. The van der Waals surface area contributed by atoms with E-state index in [9.17, 15) is 4.79 Å². The van der Waals surface area contributed by atoms with Crippen molar-refractivity contribution in [2.45, 2.75) is 75.6 Å². The van der Waals surface area contributed by atoms with Crippen molar-refractivity contribution in [3.8, 4) is 0 Å². The fourth-order valence-corrected chi connectivity index (χ4v) is 5.88. The minimum absolute atomic E-state index is 0.00526. The van der Waals surface area contributed by atoms with Crippen molar-refractivity contribution in [1.29, 1.82) is 0 Å². The van der Waals surface area contributed by atoms with Crippen molar-refractivity contribution in [3.63, 3.8) is 0 Å². The Kier molecular flexibility index (Phi) is 3.77. The van der Waals surface area contributed by atoms with E-state index in [1.54, 1.807) is 0 Å². The number of carbonyl (C=O) groups is 1. The molecule has 2 amide bonds. The Labute approximate surface area is 148 Å². The minimum Gasteiger partial charge on any atom is -0.377 e.